The van der Waals surface area contributed by atoms with Gasteiger partial charge in [-0.25, -0.2) is 4.79 Å². The first-order valence-electron chi connectivity index (χ1n) is 11.6. The minimum absolute atomic E-state index is 0.293. The average Bonchev–Trinajstić information content (AvgIpc) is 3.10. The van der Waals surface area contributed by atoms with Crippen molar-refractivity contribution < 1.29 is 14.6 Å². The molecule has 0 radical (unpaired) electrons. The molecule has 2 aromatic rings. The molecule has 1 amide bonds. The van der Waals surface area contributed by atoms with E-state index in [9.17, 15) is 9.90 Å². The normalized spacial score (nSPS) is 19.3. The van der Waals surface area contributed by atoms with E-state index in [1.807, 2.05) is 60.7 Å². The number of nitrogens with zero attached hydrogens (tertiary/aromatic N) is 1. The van der Waals surface area contributed by atoms with Crippen LogP contribution in [0.4, 0.5) is 4.79 Å². The van der Waals surface area contributed by atoms with E-state index < -0.39 is 26.4 Å². The summed E-state index contributed by atoms with van der Waals surface area (Å²) in [4.78, 5) is 14.6. The van der Waals surface area contributed by atoms with Gasteiger partial charge in [0, 0.05) is 0 Å². The van der Waals surface area contributed by atoms with E-state index in [0.717, 1.165) is 42.0 Å². The van der Waals surface area contributed by atoms with Gasteiger partial charge in [-0.15, -0.1) is 5.73 Å². The van der Waals surface area contributed by atoms with Crippen molar-refractivity contribution in [2.45, 2.75) is 70.5 Å². The van der Waals surface area contributed by atoms with Crippen molar-refractivity contribution in [1.29, 1.82) is 0 Å². The number of benzene rings is 2. The third kappa shape index (κ3) is 5.80. The molecule has 0 aromatic heterocycles. The Hall–Kier alpha value is -2.59. The Morgan fingerprint density at radius 2 is 1.66 bits per heavy atom. The summed E-state index contributed by atoms with van der Waals surface area (Å²) in [6.45, 7) is 8.77. The van der Waals surface area contributed by atoms with Gasteiger partial charge in [0.25, 0.3) is 0 Å². The quantitative estimate of drug-likeness (QED) is 0.261. The number of aliphatic hydroxyl groups excluding tert-OH is 1. The van der Waals surface area contributed by atoms with Crippen molar-refractivity contribution >= 4 is 14.2 Å². The van der Waals surface area contributed by atoms with Crippen molar-refractivity contribution in [3.05, 3.63) is 88.9 Å². The summed E-state index contributed by atoms with van der Waals surface area (Å²) in [5, 5.41) is 11.8. The van der Waals surface area contributed by atoms with Crippen molar-refractivity contribution in [1.82, 2.24) is 4.90 Å². The van der Waals surface area contributed by atoms with Crippen molar-refractivity contribution in [3.63, 3.8) is 0 Å². The van der Waals surface area contributed by atoms with Gasteiger partial charge < -0.3 is 9.84 Å². The fraction of sp³-hybridized carbons (Fsp3) is 0.407. The molecule has 1 aliphatic heterocycles. The largest absolute Gasteiger partial charge is 0.438 e. The number of rotatable bonds is 9. The highest BCUT2D eigenvalue weighted by molar-refractivity contribution is 6.83. The Balaban J connectivity index is 2.00. The summed E-state index contributed by atoms with van der Waals surface area (Å²) in [5.74, 6) is 0. The zero-order chi connectivity index (χ0) is 23.1. The Labute approximate surface area is 193 Å². The van der Waals surface area contributed by atoms with E-state index in [0.29, 0.717) is 0 Å². The maximum Gasteiger partial charge on any atom is 0.415 e. The van der Waals surface area contributed by atoms with Gasteiger partial charge in [-0.1, -0.05) is 106 Å². The molecule has 32 heavy (non-hydrogen) atoms. The molecule has 0 spiro atoms. The highest BCUT2D eigenvalue weighted by Crippen LogP contribution is 2.43. The summed E-state index contributed by atoms with van der Waals surface area (Å²) in [7, 11) is -1.84. The smallest absolute Gasteiger partial charge is 0.415 e. The van der Waals surface area contributed by atoms with Crippen LogP contribution in [0.25, 0.3) is 0 Å². The predicted molar refractivity (Wildman–Crippen MR) is 132 cm³/mol. The summed E-state index contributed by atoms with van der Waals surface area (Å²) in [6, 6.07) is 19.5. The lowest BCUT2D eigenvalue weighted by Crippen LogP contribution is -2.32. The second-order valence-corrected chi connectivity index (χ2v) is 14.5. The fourth-order valence-electron chi connectivity index (χ4n) is 4.19. The number of hydrogen-bond donors (Lipinski definition) is 1. The molecule has 3 rings (SSSR count). The standard InChI is InChI=1S/C27H35NO3Si/c1-5-6-9-18-23(29)24(32(2,3)4)19-20-28-25(21-14-10-7-11-15-21)26(31-27(28)30)22-16-12-8-13-17-22/h7-8,10-17,20,23,25-26,29H,5-6,9,18H2,1-4H3/t19?,23-,25+,26-/m1/s1. The number of carbonyl (C=O) groups is 1. The Morgan fingerprint density at radius 3 is 2.22 bits per heavy atom. The lowest BCUT2D eigenvalue weighted by molar-refractivity contribution is 0.131. The monoisotopic (exact) mass is 449 g/mol. The van der Waals surface area contributed by atoms with E-state index in [4.69, 9.17) is 4.74 Å². The van der Waals surface area contributed by atoms with E-state index in [2.05, 4.69) is 32.3 Å². The molecule has 0 bridgehead atoms. The fourth-order valence-corrected chi connectivity index (χ4v) is 5.83. The van der Waals surface area contributed by atoms with Crippen LogP contribution >= 0.6 is 0 Å². The van der Waals surface area contributed by atoms with Gasteiger partial charge in [0.1, 0.15) is 6.04 Å². The number of cyclic esters (lactones) is 1. The molecule has 1 saturated heterocycles. The first kappa shape index (κ1) is 24.1. The SMILES string of the molecule is CCCCC[C@@H](O)C(=C=CN1C(=O)O[C@H](c2ccccc2)[C@@H]1c1ccccc1)[Si](C)(C)C. The van der Waals surface area contributed by atoms with E-state index in [1.165, 1.54) is 0 Å². The van der Waals surface area contributed by atoms with E-state index >= 15 is 0 Å². The summed E-state index contributed by atoms with van der Waals surface area (Å²) < 4.78 is 5.84. The zero-order valence-electron chi connectivity index (χ0n) is 19.6. The maximum atomic E-state index is 13.0. The lowest BCUT2D eigenvalue weighted by atomic mass is 9.96. The van der Waals surface area contributed by atoms with Crippen LogP contribution in [-0.4, -0.2) is 30.3 Å². The van der Waals surface area contributed by atoms with Crippen LogP contribution in [0, 0.1) is 0 Å². The number of aliphatic hydroxyl groups is 1. The third-order valence-electron chi connectivity index (χ3n) is 5.88. The highest BCUT2D eigenvalue weighted by Gasteiger charge is 2.42. The minimum atomic E-state index is -1.84. The van der Waals surface area contributed by atoms with Gasteiger partial charge in [-0.2, -0.15) is 0 Å². The topological polar surface area (TPSA) is 49.8 Å². The molecule has 5 heteroatoms. The highest BCUT2D eigenvalue weighted by atomic mass is 28.3. The maximum absolute atomic E-state index is 13.0. The van der Waals surface area contributed by atoms with Crippen LogP contribution in [0.1, 0.15) is 55.9 Å². The van der Waals surface area contributed by atoms with E-state index in [1.54, 1.807) is 11.1 Å². The molecular formula is C27H35NO3Si. The number of amides is 1. The molecule has 1 fully saturated rings. The van der Waals surface area contributed by atoms with Crippen LogP contribution in [0.5, 0.6) is 0 Å². The average molecular weight is 450 g/mol. The Bertz CT molecular complexity index is 946. The second-order valence-electron chi connectivity index (χ2n) is 9.43. The van der Waals surface area contributed by atoms with Gasteiger partial charge >= 0.3 is 6.09 Å². The second kappa shape index (κ2) is 10.8. The van der Waals surface area contributed by atoms with Crippen molar-refractivity contribution in [3.8, 4) is 0 Å². The molecule has 1 heterocycles. The summed E-state index contributed by atoms with van der Waals surface area (Å²) in [6.07, 6.45) is 4.32. The van der Waals surface area contributed by atoms with Crippen LogP contribution in [0.2, 0.25) is 19.6 Å². The molecule has 170 valence electrons. The third-order valence-corrected chi connectivity index (χ3v) is 7.97. The molecule has 1 aliphatic rings. The van der Waals surface area contributed by atoms with Gasteiger partial charge in [0.15, 0.2) is 6.10 Å². The molecule has 0 aliphatic carbocycles. The van der Waals surface area contributed by atoms with Crippen molar-refractivity contribution in [2.24, 2.45) is 0 Å². The molecular weight excluding hydrogens is 414 g/mol. The van der Waals surface area contributed by atoms with Gasteiger partial charge in [0.05, 0.1) is 20.4 Å². The van der Waals surface area contributed by atoms with Gasteiger partial charge in [-0.3, -0.25) is 4.90 Å². The molecule has 2 aromatic carbocycles. The Morgan fingerprint density at radius 1 is 1.06 bits per heavy atom. The number of unbranched alkanes of at least 4 members (excludes halogenated alkanes) is 2. The summed E-state index contributed by atoms with van der Waals surface area (Å²) in [5.41, 5.74) is 5.32. The Kier molecular flexibility index (Phi) is 8.13. The predicted octanol–water partition coefficient (Wildman–Crippen LogP) is 6.78. The molecule has 0 saturated carbocycles. The van der Waals surface area contributed by atoms with Gasteiger partial charge in [-0.05, 0) is 22.7 Å². The first-order chi connectivity index (χ1) is 15.3. The first-order valence-corrected chi connectivity index (χ1v) is 15.1. The molecule has 3 atom stereocenters. The van der Waals surface area contributed by atoms with Crippen LogP contribution in [0.3, 0.4) is 0 Å². The minimum Gasteiger partial charge on any atom is -0.438 e. The molecule has 0 unspecified atom stereocenters. The number of hydrogen-bond acceptors (Lipinski definition) is 3. The number of carbonyl (C=O) groups excluding carboxylic acids is 1. The zero-order valence-corrected chi connectivity index (χ0v) is 20.6. The van der Waals surface area contributed by atoms with E-state index in [-0.39, 0.29) is 6.04 Å². The van der Waals surface area contributed by atoms with Crippen LogP contribution in [0.15, 0.2) is 77.8 Å². The van der Waals surface area contributed by atoms with Gasteiger partial charge in [0.2, 0.25) is 0 Å². The van der Waals surface area contributed by atoms with Crippen LogP contribution in [-0.2, 0) is 4.74 Å². The summed E-state index contributed by atoms with van der Waals surface area (Å²) >= 11 is 0. The lowest BCUT2D eigenvalue weighted by Gasteiger charge is -2.25. The number of ether oxygens (including phenoxy) is 1. The molecule has 4 nitrogen and oxygen atoms in total. The van der Waals surface area contributed by atoms with Crippen LogP contribution < -0.4 is 0 Å². The van der Waals surface area contributed by atoms with Crippen molar-refractivity contribution in [2.75, 3.05) is 0 Å². The molecule has 1 N–H and O–H groups in total.